The van der Waals surface area contributed by atoms with Crippen molar-refractivity contribution in [2.75, 3.05) is 19.5 Å². The highest BCUT2D eigenvalue weighted by molar-refractivity contribution is 6.02. The van der Waals surface area contributed by atoms with Crippen LogP contribution >= 0.6 is 0 Å². The van der Waals surface area contributed by atoms with Crippen molar-refractivity contribution in [1.29, 1.82) is 0 Å². The maximum atomic E-state index is 12.2. The van der Waals surface area contributed by atoms with Crippen molar-refractivity contribution in [3.63, 3.8) is 0 Å². The summed E-state index contributed by atoms with van der Waals surface area (Å²) in [5, 5.41) is 2.74. The molecule has 6 heteroatoms. The Morgan fingerprint density at radius 2 is 1.65 bits per heavy atom. The quantitative estimate of drug-likeness (QED) is 0.424. The minimum absolute atomic E-state index is 0.297. The zero-order chi connectivity index (χ0) is 22.1. The maximum Gasteiger partial charge on any atom is 0.337 e. The van der Waals surface area contributed by atoms with Gasteiger partial charge in [-0.3, -0.25) is 4.79 Å². The number of carbonyl (C=O) groups is 2. The smallest absolute Gasteiger partial charge is 0.337 e. The Kier molecular flexibility index (Phi) is 7.43. The Morgan fingerprint density at radius 1 is 0.903 bits per heavy atom. The third-order valence-electron chi connectivity index (χ3n) is 4.43. The molecule has 0 atom stereocenters. The van der Waals surface area contributed by atoms with E-state index in [4.69, 9.17) is 9.47 Å². The highest BCUT2D eigenvalue weighted by Crippen LogP contribution is 2.29. The lowest BCUT2D eigenvalue weighted by molar-refractivity contribution is -0.111. The van der Waals surface area contributed by atoms with Gasteiger partial charge in [-0.2, -0.15) is 0 Å². The van der Waals surface area contributed by atoms with Gasteiger partial charge in [0, 0.05) is 11.8 Å². The maximum absolute atomic E-state index is 12.2. The van der Waals surface area contributed by atoms with E-state index in [9.17, 15) is 9.59 Å². The van der Waals surface area contributed by atoms with Gasteiger partial charge in [0.15, 0.2) is 11.5 Å². The summed E-state index contributed by atoms with van der Waals surface area (Å²) in [4.78, 5) is 23.7. The molecule has 0 fully saturated rings. The molecule has 0 spiro atoms. The van der Waals surface area contributed by atoms with Gasteiger partial charge in [0.05, 0.1) is 19.8 Å². The SMILES string of the molecule is COC(=O)c1ccc(NC(=O)/C=C/c2ccc(OCc3ccccc3)c(OC)c2)cc1. The molecule has 0 aliphatic heterocycles. The number of hydrogen-bond donors (Lipinski definition) is 1. The largest absolute Gasteiger partial charge is 0.493 e. The number of carbonyl (C=O) groups excluding carboxylic acids is 2. The van der Waals surface area contributed by atoms with Gasteiger partial charge in [0.1, 0.15) is 6.61 Å². The van der Waals surface area contributed by atoms with Crippen LogP contribution in [0.25, 0.3) is 6.08 Å². The van der Waals surface area contributed by atoms with Crippen molar-refractivity contribution in [2.45, 2.75) is 6.61 Å². The lowest BCUT2D eigenvalue weighted by atomic mass is 10.1. The predicted molar refractivity (Wildman–Crippen MR) is 119 cm³/mol. The Bertz CT molecular complexity index is 1060. The highest BCUT2D eigenvalue weighted by Gasteiger charge is 2.07. The van der Waals surface area contributed by atoms with E-state index in [0.717, 1.165) is 11.1 Å². The summed E-state index contributed by atoms with van der Waals surface area (Å²) in [5.74, 6) is 0.479. The summed E-state index contributed by atoms with van der Waals surface area (Å²) in [5.41, 5.74) is 2.84. The van der Waals surface area contributed by atoms with E-state index in [-0.39, 0.29) is 5.91 Å². The van der Waals surface area contributed by atoms with E-state index < -0.39 is 5.97 Å². The van der Waals surface area contributed by atoms with Crippen LogP contribution in [0.4, 0.5) is 5.69 Å². The first-order valence-electron chi connectivity index (χ1n) is 9.61. The molecule has 1 N–H and O–H groups in total. The Labute approximate surface area is 181 Å². The van der Waals surface area contributed by atoms with Gasteiger partial charge < -0.3 is 19.5 Å². The van der Waals surface area contributed by atoms with Crippen LogP contribution in [-0.4, -0.2) is 26.1 Å². The van der Waals surface area contributed by atoms with E-state index in [1.807, 2.05) is 42.5 Å². The van der Waals surface area contributed by atoms with E-state index in [2.05, 4.69) is 10.1 Å². The molecular formula is C25H23NO5. The first kappa shape index (κ1) is 21.6. The first-order valence-corrected chi connectivity index (χ1v) is 9.61. The summed E-state index contributed by atoms with van der Waals surface area (Å²) >= 11 is 0. The van der Waals surface area contributed by atoms with Gasteiger partial charge in [-0.25, -0.2) is 4.79 Å². The minimum atomic E-state index is -0.428. The zero-order valence-electron chi connectivity index (χ0n) is 17.3. The van der Waals surface area contributed by atoms with Crippen LogP contribution in [0.3, 0.4) is 0 Å². The van der Waals surface area contributed by atoms with Crippen LogP contribution in [-0.2, 0) is 16.1 Å². The Balaban J connectivity index is 1.60. The second-order valence-corrected chi connectivity index (χ2v) is 6.58. The van der Waals surface area contributed by atoms with Gasteiger partial charge in [-0.15, -0.1) is 0 Å². The van der Waals surface area contributed by atoms with Gasteiger partial charge in [-0.1, -0.05) is 36.4 Å². The topological polar surface area (TPSA) is 73.9 Å². The number of anilines is 1. The zero-order valence-corrected chi connectivity index (χ0v) is 17.3. The number of amides is 1. The molecule has 0 saturated carbocycles. The highest BCUT2D eigenvalue weighted by atomic mass is 16.5. The molecule has 6 nitrogen and oxygen atoms in total. The normalized spacial score (nSPS) is 10.5. The molecule has 0 heterocycles. The standard InChI is InChI=1S/C25H23NO5/c1-29-23-16-18(8-14-22(23)31-17-19-6-4-3-5-7-19)9-15-24(27)26-21-12-10-20(11-13-21)25(28)30-2/h3-16H,17H2,1-2H3,(H,26,27)/b15-9+. The third-order valence-corrected chi connectivity index (χ3v) is 4.43. The van der Waals surface area contributed by atoms with Gasteiger partial charge in [0.2, 0.25) is 5.91 Å². The Morgan fingerprint density at radius 3 is 2.32 bits per heavy atom. The first-order chi connectivity index (χ1) is 15.1. The summed E-state index contributed by atoms with van der Waals surface area (Å²) in [7, 11) is 2.89. The van der Waals surface area contributed by atoms with Crippen LogP contribution in [0.15, 0.2) is 78.9 Å². The summed E-state index contributed by atoms with van der Waals surface area (Å²) in [6, 6.07) is 21.8. The van der Waals surface area contributed by atoms with E-state index in [1.165, 1.54) is 13.2 Å². The monoisotopic (exact) mass is 417 g/mol. The van der Waals surface area contributed by atoms with Gasteiger partial charge in [0.25, 0.3) is 0 Å². The average Bonchev–Trinajstić information content (AvgIpc) is 2.82. The van der Waals surface area contributed by atoms with Crippen molar-refractivity contribution in [1.82, 2.24) is 0 Å². The fourth-order valence-electron chi connectivity index (χ4n) is 2.81. The van der Waals surface area contributed by atoms with Crippen molar-refractivity contribution >= 4 is 23.6 Å². The van der Waals surface area contributed by atoms with Crippen LogP contribution in [0, 0.1) is 0 Å². The number of nitrogens with one attached hydrogen (secondary N) is 1. The van der Waals surface area contributed by atoms with Crippen LogP contribution in [0.1, 0.15) is 21.5 Å². The minimum Gasteiger partial charge on any atom is -0.493 e. The number of hydrogen-bond acceptors (Lipinski definition) is 5. The van der Waals surface area contributed by atoms with E-state index >= 15 is 0 Å². The second kappa shape index (κ2) is 10.6. The summed E-state index contributed by atoms with van der Waals surface area (Å²) in [6.45, 7) is 0.434. The molecule has 3 aromatic carbocycles. The van der Waals surface area contributed by atoms with Crippen LogP contribution in [0.5, 0.6) is 11.5 Å². The summed E-state index contributed by atoms with van der Waals surface area (Å²) < 4.78 is 15.9. The molecule has 31 heavy (non-hydrogen) atoms. The molecule has 0 bridgehead atoms. The molecule has 0 saturated heterocycles. The molecule has 158 valence electrons. The number of benzene rings is 3. The molecule has 3 aromatic rings. The Hall–Kier alpha value is -4.06. The lowest BCUT2D eigenvalue weighted by Gasteiger charge is -2.11. The van der Waals surface area contributed by atoms with Crippen molar-refractivity contribution in [3.8, 4) is 11.5 Å². The molecule has 0 aliphatic carbocycles. The second-order valence-electron chi connectivity index (χ2n) is 6.58. The number of ether oxygens (including phenoxy) is 3. The number of esters is 1. The van der Waals surface area contributed by atoms with E-state index in [0.29, 0.717) is 29.4 Å². The fourth-order valence-corrected chi connectivity index (χ4v) is 2.81. The van der Waals surface area contributed by atoms with Crippen molar-refractivity contribution in [2.24, 2.45) is 0 Å². The molecule has 0 aliphatic rings. The fraction of sp³-hybridized carbons (Fsp3) is 0.120. The molecule has 1 amide bonds. The van der Waals surface area contributed by atoms with E-state index in [1.54, 1.807) is 43.5 Å². The molecule has 0 aromatic heterocycles. The van der Waals surface area contributed by atoms with Gasteiger partial charge >= 0.3 is 5.97 Å². The van der Waals surface area contributed by atoms with Crippen LogP contribution < -0.4 is 14.8 Å². The third kappa shape index (κ3) is 6.21. The predicted octanol–water partition coefficient (Wildman–Crippen LogP) is 4.71. The van der Waals surface area contributed by atoms with Crippen molar-refractivity contribution < 1.29 is 23.8 Å². The summed E-state index contributed by atoms with van der Waals surface area (Å²) in [6.07, 6.45) is 3.11. The van der Waals surface area contributed by atoms with Crippen LogP contribution in [0.2, 0.25) is 0 Å². The molecular weight excluding hydrogens is 394 g/mol. The molecule has 3 rings (SSSR count). The van der Waals surface area contributed by atoms with Crippen molar-refractivity contribution in [3.05, 3.63) is 95.6 Å². The molecule has 0 unspecified atom stereocenters. The van der Waals surface area contributed by atoms with Gasteiger partial charge in [-0.05, 0) is 53.6 Å². The number of rotatable bonds is 8. The molecule has 0 radical (unpaired) electrons. The lowest BCUT2D eigenvalue weighted by Crippen LogP contribution is -2.08. The number of methoxy groups -OCH3 is 2. The average molecular weight is 417 g/mol.